The second-order valence-electron chi connectivity index (χ2n) is 6.91. The van der Waals surface area contributed by atoms with E-state index in [2.05, 4.69) is 4.98 Å². The van der Waals surface area contributed by atoms with Crippen molar-refractivity contribution in [1.82, 2.24) is 4.98 Å². The molecular weight excluding hydrogens is 360 g/mol. The van der Waals surface area contributed by atoms with Gasteiger partial charge in [0, 0.05) is 23.3 Å². The Kier molecular flexibility index (Phi) is 4.83. The summed E-state index contributed by atoms with van der Waals surface area (Å²) in [6.45, 7) is 3.81. The number of rotatable bonds is 4. The average Bonchev–Trinajstić information content (AvgIpc) is 2.71. The van der Waals surface area contributed by atoms with E-state index in [9.17, 15) is 9.59 Å². The SMILES string of the molecule is COC(=O)Cc1c(C)c2ccc3c(c2oc1=O)C[NH+](Cc1ccncc1)CO3. The molecule has 1 unspecified atom stereocenters. The van der Waals surface area contributed by atoms with Gasteiger partial charge in [-0.25, -0.2) is 4.79 Å². The molecule has 1 aromatic carbocycles. The first-order valence-corrected chi connectivity index (χ1v) is 9.07. The van der Waals surface area contributed by atoms with Crippen LogP contribution in [-0.2, 0) is 29.0 Å². The number of nitrogens with zero attached hydrogens (tertiary/aromatic N) is 1. The number of esters is 1. The smallest absolute Gasteiger partial charge is 0.340 e. The molecule has 1 aliphatic rings. The molecule has 0 fully saturated rings. The topological polar surface area (TPSA) is 83.1 Å². The van der Waals surface area contributed by atoms with E-state index in [0.29, 0.717) is 24.4 Å². The van der Waals surface area contributed by atoms with Crippen LogP contribution in [0.3, 0.4) is 0 Å². The van der Waals surface area contributed by atoms with Gasteiger partial charge in [0.2, 0.25) is 6.73 Å². The molecule has 7 nitrogen and oxygen atoms in total. The maximum Gasteiger partial charge on any atom is 0.340 e. The molecule has 1 aliphatic heterocycles. The fourth-order valence-electron chi connectivity index (χ4n) is 3.60. The first kappa shape index (κ1) is 18.2. The normalized spacial score (nSPS) is 15.7. The van der Waals surface area contributed by atoms with E-state index in [1.54, 1.807) is 12.4 Å². The van der Waals surface area contributed by atoms with Gasteiger partial charge in [-0.2, -0.15) is 0 Å². The van der Waals surface area contributed by atoms with Crippen molar-refractivity contribution in [3.05, 3.63) is 69.3 Å². The highest BCUT2D eigenvalue weighted by molar-refractivity contribution is 5.87. The summed E-state index contributed by atoms with van der Waals surface area (Å²) in [6.07, 6.45) is 3.44. The number of ether oxygens (including phenoxy) is 2. The Labute approximate surface area is 161 Å². The van der Waals surface area contributed by atoms with Crippen molar-refractivity contribution in [2.75, 3.05) is 13.8 Å². The van der Waals surface area contributed by atoms with Crippen molar-refractivity contribution in [2.24, 2.45) is 0 Å². The molecule has 144 valence electrons. The highest BCUT2D eigenvalue weighted by Gasteiger charge is 2.26. The van der Waals surface area contributed by atoms with E-state index in [0.717, 1.165) is 34.4 Å². The minimum atomic E-state index is -0.509. The van der Waals surface area contributed by atoms with Crippen LogP contribution in [-0.4, -0.2) is 24.8 Å². The van der Waals surface area contributed by atoms with Crippen LogP contribution in [0.15, 0.2) is 45.9 Å². The monoisotopic (exact) mass is 381 g/mol. The molecule has 0 spiro atoms. The van der Waals surface area contributed by atoms with Crippen LogP contribution in [0.25, 0.3) is 11.0 Å². The van der Waals surface area contributed by atoms with Crippen LogP contribution in [0, 0.1) is 6.92 Å². The number of methoxy groups -OCH3 is 1. The van der Waals surface area contributed by atoms with Crippen LogP contribution in [0.4, 0.5) is 0 Å². The lowest BCUT2D eigenvalue weighted by atomic mass is 10.00. The zero-order chi connectivity index (χ0) is 19.7. The summed E-state index contributed by atoms with van der Waals surface area (Å²) in [4.78, 5) is 29.4. The summed E-state index contributed by atoms with van der Waals surface area (Å²) < 4.78 is 16.3. The van der Waals surface area contributed by atoms with E-state index < -0.39 is 11.6 Å². The molecule has 0 saturated heterocycles. The molecular formula is C21H21N2O5+. The lowest BCUT2D eigenvalue weighted by molar-refractivity contribution is -0.945. The third-order valence-corrected chi connectivity index (χ3v) is 5.13. The average molecular weight is 381 g/mol. The second-order valence-corrected chi connectivity index (χ2v) is 6.91. The number of aromatic nitrogens is 1. The Morgan fingerprint density at radius 2 is 2.04 bits per heavy atom. The number of hydrogen-bond acceptors (Lipinski definition) is 6. The minimum absolute atomic E-state index is 0.104. The molecule has 1 atom stereocenters. The second kappa shape index (κ2) is 7.44. The van der Waals surface area contributed by atoms with E-state index in [4.69, 9.17) is 13.9 Å². The largest absolute Gasteiger partial charge is 0.469 e. The molecule has 1 N–H and O–H groups in total. The van der Waals surface area contributed by atoms with Gasteiger partial charge in [0.15, 0.2) is 5.58 Å². The molecule has 0 bridgehead atoms. The van der Waals surface area contributed by atoms with E-state index >= 15 is 0 Å². The third kappa shape index (κ3) is 3.36. The Hall–Kier alpha value is -3.19. The molecule has 0 amide bonds. The summed E-state index contributed by atoms with van der Waals surface area (Å²) in [5, 5.41) is 0.811. The predicted octanol–water partition coefficient (Wildman–Crippen LogP) is 1.15. The van der Waals surface area contributed by atoms with Crippen LogP contribution >= 0.6 is 0 Å². The van der Waals surface area contributed by atoms with Gasteiger partial charge in [0.25, 0.3) is 0 Å². The van der Waals surface area contributed by atoms with Crippen molar-refractivity contribution in [3.63, 3.8) is 0 Å². The Morgan fingerprint density at radius 1 is 1.25 bits per heavy atom. The Bertz CT molecular complexity index is 1090. The Balaban J connectivity index is 1.72. The van der Waals surface area contributed by atoms with Crippen molar-refractivity contribution >= 4 is 16.9 Å². The minimum Gasteiger partial charge on any atom is -0.469 e. The number of nitrogens with one attached hydrogen (secondary N) is 1. The quantitative estimate of drug-likeness (QED) is 0.539. The zero-order valence-corrected chi connectivity index (χ0v) is 15.8. The number of aryl methyl sites for hydroxylation is 1. The van der Waals surface area contributed by atoms with Crippen LogP contribution in [0.1, 0.15) is 22.3 Å². The maximum atomic E-state index is 12.5. The van der Waals surface area contributed by atoms with Crippen molar-refractivity contribution in [2.45, 2.75) is 26.4 Å². The summed E-state index contributed by atoms with van der Waals surface area (Å²) in [5.41, 5.74) is 3.12. The molecule has 7 heteroatoms. The van der Waals surface area contributed by atoms with Crippen molar-refractivity contribution < 1.29 is 23.6 Å². The summed E-state index contributed by atoms with van der Waals surface area (Å²) in [7, 11) is 1.30. The van der Waals surface area contributed by atoms with Gasteiger partial charge in [-0.05, 0) is 36.8 Å². The van der Waals surface area contributed by atoms with Crippen LogP contribution < -0.4 is 15.3 Å². The van der Waals surface area contributed by atoms with E-state index in [1.165, 1.54) is 12.0 Å². The first-order chi connectivity index (χ1) is 13.6. The number of fused-ring (bicyclic) bond motifs is 3. The lowest BCUT2D eigenvalue weighted by Crippen LogP contribution is -3.10. The van der Waals surface area contributed by atoms with Gasteiger partial charge < -0.3 is 13.9 Å². The maximum absolute atomic E-state index is 12.5. The fourth-order valence-corrected chi connectivity index (χ4v) is 3.60. The number of pyridine rings is 1. The van der Waals surface area contributed by atoms with Gasteiger partial charge in [0.1, 0.15) is 18.8 Å². The summed E-state index contributed by atoms with van der Waals surface area (Å²) >= 11 is 0. The van der Waals surface area contributed by atoms with E-state index in [1.807, 2.05) is 31.2 Å². The number of benzene rings is 1. The van der Waals surface area contributed by atoms with Crippen LogP contribution in [0.5, 0.6) is 5.75 Å². The highest BCUT2D eigenvalue weighted by Crippen LogP contribution is 2.31. The molecule has 28 heavy (non-hydrogen) atoms. The predicted molar refractivity (Wildman–Crippen MR) is 101 cm³/mol. The van der Waals surface area contributed by atoms with Crippen molar-refractivity contribution in [3.8, 4) is 5.75 Å². The number of hydrogen-bond donors (Lipinski definition) is 1. The number of quaternary nitrogens is 1. The molecule has 4 rings (SSSR count). The Morgan fingerprint density at radius 3 is 2.79 bits per heavy atom. The molecule has 3 heterocycles. The van der Waals surface area contributed by atoms with Gasteiger partial charge in [-0.1, -0.05) is 0 Å². The molecule has 3 aromatic rings. The number of carbonyl (C=O) groups is 1. The fraction of sp³-hybridized carbons (Fsp3) is 0.286. The van der Waals surface area contributed by atoms with Gasteiger partial charge in [-0.3, -0.25) is 14.7 Å². The van der Waals surface area contributed by atoms with Gasteiger partial charge in [-0.15, -0.1) is 0 Å². The standard InChI is InChI=1S/C21H20N2O5/c1-13-15-3-4-18-17(20(15)28-21(25)16(13)9-19(24)26-2)11-23(12-27-18)10-14-5-7-22-8-6-14/h3-8H,9-12H2,1-2H3/p+1. The van der Waals surface area contributed by atoms with Gasteiger partial charge >= 0.3 is 11.6 Å². The van der Waals surface area contributed by atoms with Crippen LogP contribution in [0.2, 0.25) is 0 Å². The zero-order valence-electron chi connectivity index (χ0n) is 15.8. The molecule has 0 radical (unpaired) electrons. The molecule has 2 aromatic heterocycles. The highest BCUT2D eigenvalue weighted by atomic mass is 16.5. The first-order valence-electron chi connectivity index (χ1n) is 9.07. The summed E-state index contributed by atoms with van der Waals surface area (Å²) in [6, 6.07) is 7.74. The molecule has 0 saturated carbocycles. The number of carbonyl (C=O) groups excluding carboxylic acids is 1. The van der Waals surface area contributed by atoms with Gasteiger partial charge in [0.05, 0.1) is 24.7 Å². The van der Waals surface area contributed by atoms with Crippen molar-refractivity contribution in [1.29, 1.82) is 0 Å². The summed E-state index contributed by atoms with van der Waals surface area (Å²) in [5.74, 6) is 0.262. The van der Waals surface area contributed by atoms with E-state index in [-0.39, 0.29) is 6.42 Å². The third-order valence-electron chi connectivity index (χ3n) is 5.13. The molecule has 0 aliphatic carbocycles. The lowest BCUT2D eigenvalue weighted by Gasteiger charge is -2.26.